The Labute approximate surface area is 205 Å². The smallest absolute Gasteiger partial charge is 0.277 e. The van der Waals surface area contributed by atoms with Gasteiger partial charge in [-0.3, -0.25) is 14.4 Å². The maximum atomic E-state index is 14.0. The van der Waals surface area contributed by atoms with Crippen LogP contribution in [-0.4, -0.2) is 47.6 Å². The Bertz CT molecular complexity index is 1520. The Balaban J connectivity index is 1.65. The van der Waals surface area contributed by atoms with Crippen molar-refractivity contribution in [1.82, 2.24) is 9.78 Å². The molecule has 0 aliphatic carbocycles. The number of primary amides is 1. The Morgan fingerprint density at radius 2 is 1.62 bits per heavy atom. The molecule has 0 bridgehead atoms. The van der Waals surface area contributed by atoms with E-state index in [0.717, 1.165) is 9.58 Å². The van der Waals surface area contributed by atoms with E-state index in [1.54, 1.807) is 12.1 Å². The van der Waals surface area contributed by atoms with Crippen LogP contribution in [0, 0.1) is 0 Å². The summed E-state index contributed by atoms with van der Waals surface area (Å²) < 4.78 is 57.6. The summed E-state index contributed by atoms with van der Waals surface area (Å²) in [7, 11) is 1.47. The highest BCUT2D eigenvalue weighted by Gasteiger charge is 2.34. The molecule has 3 amide bonds. The first kappa shape index (κ1) is 15.7. The molecule has 2 aliphatic rings. The monoisotopic (exact) mass is 465 g/mol. The number of rotatable bonds is 5. The number of nitrogens with zero attached hydrogens (tertiary/aromatic N) is 4. The largest absolute Gasteiger partial charge is 0.497 e. The average molecular weight is 466 g/mol. The molecule has 2 N–H and O–H groups in total. The molecule has 1 saturated heterocycles. The Morgan fingerprint density at radius 1 is 0.971 bits per heavy atom. The molecule has 3 aromatic rings. The molecule has 3 heterocycles. The number of amides is 3. The van der Waals surface area contributed by atoms with Crippen LogP contribution in [0.2, 0.25) is 0 Å². The van der Waals surface area contributed by atoms with Crippen molar-refractivity contribution in [2.24, 2.45) is 5.73 Å². The molecule has 0 saturated carbocycles. The highest BCUT2D eigenvalue weighted by Crippen LogP contribution is 2.31. The van der Waals surface area contributed by atoms with Crippen molar-refractivity contribution < 1.29 is 27.3 Å². The zero-order valence-corrected chi connectivity index (χ0v) is 18.2. The predicted molar refractivity (Wildman–Crippen MR) is 127 cm³/mol. The van der Waals surface area contributed by atoms with Crippen LogP contribution in [0.5, 0.6) is 5.75 Å². The number of carbonyl (C=O) groups is 3. The molecule has 0 spiro atoms. The minimum absolute atomic E-state index is 0.0543. The number of hydrogen-bond donors (Lipinski definition) is 1. The summed E-state index contributed by atoms with van der Waals surface area (Å²) >= 11 is 0. The highest BCUT2D eigenvalue weighted by molar-refractivity contribution is 6.09. The number of aromatic nitrogens is 2. The molecule has 174 valence electrons. The zero-order valence-electron chi connectivity index (χ0n) is 24.2. The van der Waals surface area contributed by atoms with Crippen molar-refractivity contribution in [2.75, 3.05) is 29.9 Å². The van der Waals surface area contributed by atoms with Gasteiger partial charge in [-0.2, -0.15) is 5.10 Å². The first-order valence-corrected chi connectivity index (χ1v) is 10.6. The molecule has 0 atom stereocenters. The second kappa shape index (κ2) is 8.66. The van der Waals surface area contributed by atoms with Gasteiger partial charge in [-0.05, 0) is 67.7 Å². The number of methoxy groups -OCH3 is 1. The minimum Gasteiger partial charge on any atom is -0.497 e. The van der Waals surface area contributed by atoms with Crippen LogP contribution in [0.3, 0.4) is 0 Å². The van der Waals surface area contributed by atoms with Gasteiger partial charge >= 0.3 is 0 Å². The number of ether oxygens (including phenoxy) is 1. The van der Waals surface area contributed by atoms with Crippen LogP contribution in [0.25, 0.3) is 5.69 Å². The first-order valence-electron chi connectivity index (χ1n) is 13.6. The maximum Gasteiger partial charge on any atom is 0.277 e. The molecular weight excluding hydrogens is 434 g/mol. The second-order valence-corrected chi connectivity index (χ2v) is 7.68. The van der Waals surface area contributed by atoms with Crippen LogP contribution in [0.1, 0.15) is 54.0 Å². The van der Waals surface area contributed by atoms with Crippen molar-refractivity contribution in [3.05, 3.63) is 65.5 Å². The van der Waals surface area contributed by atoms with Gasteiger partial charge in [-0.1, -0.05) is 0 Å². The summed E-state index contributed by atoms with van der Waals surface area (Å²) in [6, 6.07) is 11.6. The van der Waals surface area contributed by atoms with Crippen molar-refractivity contribution in [3.8, 4) is 11.4 Å². The van der Waals surface area contributed by atoms with Gasteiger partial charge in [0.15, 0.2) is 5.69 Å². The van der Waals surface area contributed by atoms with E-state index in [-0.39, 0.29) is 35.6 Å². The summed E-state index contributed by atoms with van der Waals surface area (Å²) in [4.78, 5) is 40.4. The van der Waals surface area contributed by atoms with Gasteiger partial charge in [0.05, 0.1) is 15.5 Å². The lowest BCUT2D eigenvalue weighted by Gasteiger charge is -2.29. The number of piperidine rings is 1. The van der Waals surface area contributed by atoms with E-state index in [1.165, 1.54) is 43.5 Å². The summed E-state index contributed by atoms with van der Waals surface area (Å²) in [5.41, 5.74) is 4.40. The third kappa shape index (κ3) is 3.68. The lowest BCUT2D eigenvalue weighted by Crippen LogP contribution is -2.39. The van der Waals surface area contributed by atoms with Crippen molar-refractivity contribution in [2.45, 2.75) is 25.6 Å². The van der Waals surface area contributed by atoms with Crippen molar-refractivity contribution >= 4 is 29.1 Å². The topological polar surface area (TPSA) is 111 Å². The molecular formula is C25H25N5O4. The molecule has 0 radical (unpaired) electrons. The number of carbonyl (C=O) groups excluding carboxylic acids is 3. The molecule has 9 heteroatoms. The Morgan fingerprint density at radius 3 is 2.24 bits per heavy atom. The quantitative estimate of drug-likeness (QED) is 0.623. The lowest BCUT2D eigenvalue weighted by atomic mass is 10.0. The number of fused-ring (bicyclic) bond motifs is 1. The highest BCUT2D eigenvalue weighted by atomic mass is 16.5. The molecule has 0 unspecified atom stereocenters. The van der Waals surface area contributed by atoms with Gasteiger partial charge in [0.1, 0.15) is 11.4 Å². The van der Waals surface area contributed by atoms with Crippen LogP contribution in [0.4, 0.5) is 11.4 Å². The third-order valence-corrected chi connectivity index (χ3v) is 5.59. The second-order valence-electron chi connectivity index (χ2n) is 7.68. The van der Waals surface area contributed by atoms with Gasteiger partial charge in [0.25, 0.3) is 11.8 Å². The Hall–Kier alpha value is -4.14. The fourth-order valence-electron chi connectivity index (χ4n) is 3.88. The molecule has 9 nitrogen and oxygen atoms in total. The Kier molecular flexibility index (Phi) is 3.99. The van der Waals surface area contributed by atoms with Crippen molar-refractivity contribution in [1.29, 1.82) is 0 Å². The molecule has 1 fully saturated rings. The first-order chi connectivity index (χ1) is 18.7. The molecule has 34 heavy (non-hydrogen) atoms. The summed E-state index contributed by atoms with van der Waals surface area (Å²) in [5, 5.41) is 4.12. The normalized spacial score (nSPS) is 23.0. The molecule has 2 aromatic carbocycles. The third-order valence-electron chi connectivity index (χ3n) is 5.59. The van der Waals surface area contributed by atoms with Crippen LogP contribution in [-0.2, 0) is 11.2 Å². The van der Waals surface area contributed by atoms with E-state index in [0.29, 0.717) is 17.1 Å². The fourth-order valence-corrected chi connectivity index (χ4v) is 3.88. The molecule has 2 aliphatic heterocycles. The van der Waals surface area contributed by atoms with Gasteiger partial charge in [-0.25, -0.2) is 4.68 Å². The van der Waals surface area contributed by atoms with E-state index < -0.39 is 48.3 Å². The SMILES string of the molecule is [2H]C1([2H])CCCC(=O)N1c1ccc(N2C(=O)c3c(c(C(N)=O)nn3-c3ccc(OC)cc3)C([2H])([2H])C2([2H])[2H])cc1. The fraction of sp³-hybridized carbons (Fsp3) is 0.280. The van der Waals surface area contributed by atoms with E-state index in [1.807, 2.05) is 0 Å². The zero-order chi connectivity index (χ0) is 29.2. The molecule has 1 aromatic heterocycles. The van der Waals surface area contributed by atoms with Gasteiger partial charge in [-0.15, -0.1) is 0 Å². The number of nitrogens with two attached hydrogens (primary N) is 1. The van der Waals surface area contributed by atoms with E-state index >= 15 is 0 Å². The van der Waals surface area contributed by atoms with E-state index in [9.17, 15) is 14.4 Å². The van der Waals surface area contributed by atoms with Gasteiger partial charge < -0.3 is 20.3 Å². The van der Waals surface area contributed by atoms with Crippen molar-refractivity contribution in [3.63, 3.8) is 0 Å². The number of hydrogen-bond acceptors (Lipinski definition) is 5. The standard InChI is InChI=1S/C25H25N5O4/c1-34-19-11-9-18(10-12-19)30-23-20(22(27-30)24(26)32)13-15-29(25(23)33)17-7-5-16(6-8-17)28-14-3-2-4-21(28)31/h5-12H,2-4,13-15H2,1H3,(H2,26,32)/i13D2,14D2,15D2. The van der Waals surface area contributed by atoms with Gasteiger partial charge in [0, 0.05) is 41.8 Å². The van der Waals surface area contributed by atoms with E-state index in [4.69, 9.17) is 18.7 Å². The minimum atomic E-state index is -3.01. The number of anilines is 2. The summed E-state index contributed by atoms with van der Waals surface area (Å²) in [6.07, 6.45) is -2.21. The summed E-state index contributed by atoms with van der Waals surface area (Å²) in [5.74, 6) is -2.02. The predicted octanol–water partition coefficient (Wildman–Crippen LogP) is 2.70. The number of benzene rings is 2. The van der Waals surface area contributed by atoms with Gasteiger partial charge in [0.2, 0.25) is 5.91 Å². The maximum absolute atomic E-state index is 14.0. The lowest BCUT2D eigenvalue weighted by molar-refractivity contribution is -0.119. The van der Waals surface area contributed by atoms with Crippen LogP contribution >= 0.6 is 0 Å². The van der Waals surface area contributed by atoms with E-state index in [2.05, 4.69) is 5.10 Å². The molecule has 5 rings (SSSR count). The average Bonchev–Trinajstić information content (AvgIpc) is 3.30. The van der Waals surface area contributed by atoms with Crippen LogP contribution < -0.4 is 20.3 Å². The van der Waals surface area contributed by atoms with Crippen LogP contribution in [0.15, 0.2) is 48.5 Å². The summed E-state index contributed by atoms with van der Waals surface area (Å²) in [6.45, 7) is -4.93.